The number of aliphatic hydroxyl groups is 1. The van der Waals surface area contributed by atoms with Gasteiger partial charge < -0.3 is 9.84 Å². The fourth-order valence-electron chi connectivity index (χ4n) is 1.76. The molecule has 0 aromatic heterocycles. The van der Waals surface area contributed by atoms with Crippen molar-refractivity contribution < 1.29 is 14.2 Å². The van der Waals surface area contributed by atoms with E-state index in [1.165, 1.54) is 12.1 Å². The Labute approximate surface area is 116 Å². The molecule has 1 atom stereocenters. The highest BCUT2D eigenvalue weighted by molar-refractivity contribution is 6.30. The zero-order valence-corrected chi connectivity index (χ0v) is 11.4. The molecule has 2 aromatic carbocycles. The van der Waals surface area contributed by atoms with E-state index in [-0.39, 0.29) is 5.75 Å². The molecule has 0 aliphatic carbocycles. The largest absolute Gasteiger partial charge is 0.454 e. The first kappa shape index (κ1) is 13.8. The van der Waals surface area contributed by atoms with Crippen molar-refractivity contribution in [3.05, 3.63) is 58.4 Å². The van der Waals surface area contributed by atoms with Gasteiger partial charge in [-0.25, -0.2) is 4.39 Å². The monoisotopic (exact) mass is 280 g/mol. The lowest BCUT2D eigenvalue weighted by molar-refractivity contribution is 0.194. The van der Waals surface area contributed by atoms with Crippen LogP contribution in [0.3, 0.4) is 0 Å². The van der Waals surface area contributed by atoms with Crippen molar-refractivity contribution in [2.45, 2.75) is 20.0 Å². The Kier molecular flexibility index (Phi) is 4.08. The van der Waals surface area contributed by atoms with Gasteiger partial charge in [0.25, 0.3) is 0 Å². The number of rotatable bonds is 3. The summed E-state index contributed by atoms with van der Waals surface area (Å²) in [5, 5.41) is 10.2. The summed E-state index contributed by atoms with van der Waals surface area (Å²) in [6.45, 7) is 3.40. The van der Waals surface area contributed by atoms with Crippen LogP contribution in [-0.2, 0) is 0 Å². The first-order valence-electron chi connectivity index (χ1n) is 5.89. The number of ether oxygens (including phenoxy) is 1. The maximum Gasteiger partial charge on any atom is 0.168 e. The van der Waals surface area contributed by atoms with E-state index in [0.29, 0.717) is 16.3 Å². The summed E-state index contributed by atoms with van der Waals surface area (Å²) in [5.74, 6) is -0.0138. The molecular formula is C15H14ClFO2. The van der Waals surface area contributed by atoms with E-state index in [2.05, 4.69) is 0 Å². The van der Waals surface area contributed by atoms with Gasteiger partial charge in [-0.1, -0.05) is 29.8 Å². The van der Waals surface area contributed by atoms with Crippen LogP contribution in [0.5, 0.6) is 11.5 Å². The fraction of sp³-hybridized carbons (Fsp3) is 0.200. The minimum atomic E-state index is -0.815. The number of aryl methyl sites for hydroxylation is 1. The Balaban J connectivity index is 2.46. The van der Waals surface area contributed by atoms with Crippen LogP contribution in [0.15, 0.2) is 36.4 Å². The van der Waals surface area contributed by atoms with E-state index in [4.69, 9.17) is 16.3 Å². The molecule has 0 spiro atoms. The molecule has 1 unspecified atom stereocenters. The second-order valence-corrected chi connectivity index (χ2v) is 4.78. The van der Waals surface area contributed by atoms with Gasteiger partial charge >= 0.3 is 0 Å². The first-order chi connectivity index (χ1) is 8.99. The Hall–Kier alpha value is -1.58. The lowest BCUT2D eigenvalue weighted by atomic mass is 10.1. The van der Waals surface area contributed by atoms with E-state index in [1.54, 1.807) is 31.2 Å². The minimum Gasteiger partial charge on any atom is -0.454 e. The second-order valence-electron chi connectivity index (χ2n) is 4.35. The summed E-state index contributed by atoms with van der Waals surface area (Å²) < 4.78 is 19.5. The third kappa shape index (κ3) is 3.06. The van der Waals surface area contributed by atoms with Gasteiger partial charge in [0, 0.05) is 10.6 Å². The van der Waals surface area contributed by atoms with Gasteiger partial charge in [-0.05, 0) is 37.6 Å². The Morgan fingerprint density at radius 1 is 1.26 bits per heavy atom. The topological polar surface area (TPSA) is 29.5 Å². The number of hydrogen-bond donors (Lipinski definition) is 1. The van der Waals surface area contributed by atoms with E-state index >= 15 is 0 Å². The van der Waals surface area contributed by atoms with Gasteiger partial charge in [-0.3, -0.25) is 0 Å². The SMILES string of the molecule is Cc1ccc(Cl)cc1Oc1c(F)cccc1C(C)O. The Morgan fingerprint density at radius 2 is 2.00 bits per heavy atom. The number of aliphatic hydroxyl groups excluding tert-OH is 1. The molecule has 2 nitrogen and oxygen atoms in total. The molecule has 0 aliphatic rings. The number of hydrogen-bond acceptors (Lipinski definition) is 2. The summed E-state index contributed by atoms with van der Waals surface area (Å²) in [5.41, 5.74) is 1.24. The molecule has 2 rings (SSSR count). The van der Waals surface area contributed by atoms with Crippen LogP contribution in [0.4, 0.5) is 4.39 Å². The lowest BCUT2D eigenvalue weighted by Gasteiger charge is -2.15. The molecule has 0 saturated heterocycles. The third-order valence-corrected chi connectivity index (χ3v) is 3.04. The average molecular weight is 281 g/mol. The van der Waals surface area contributed by atoms with Gasteiger partial charge in [0.15, 0.2) is 11.6 Å². The quantitative estimate of drug-likeness (QED) is 0.888. The van der Waals surface area contributed by atoms with Crippen LogP contribution in [-0.4, -0.2) is 5.11 Å². The van der Waals surface area contributed by atoms with Gasteiger partial charge in [-0.15, -0.1) is 0 Å². The molecule has 4 heteroatoms. The minimum absolute atomic E-state index is 0.0304. The Bertz CT molecular complexity index is 597. The zero-order chi connectivity index (χ0) is 14.0. The maximum absolute atomic E-state index is 13.9. The lowest BCUT2D eigenvalue weighted by Crippen LogP contribution is -1.99. The van der Waals surface area contributed by atoms with Gasteiger partial charge in [0.2, 0.25) is 0 Å². The Morgan fingerprint density at radius 3 is 2.68 bits per heavy atom. The molecule has 0 heterocycles. The fourth-order valence-corrected chi connectivity index (χ4v) is 1.92. The molecule has 0 fully saturated rings. The molecule has 0 aliphatic heterocycles. The number of halogens is 2. The number of para-hydroxylation sites is 1. The highest BCUT2D eigenvalue weighted by Gasteiger charge is 2.15. The molecule has 0 bridgehead atoms. The van der Waals surface area contributed by atoms with Crippen molar-refractivity contribution in [1.29, 1.82) is 0 Å². The van der Waals surface area contributed by atoms with Crippen LogP contribution in [0, 0.1) is 12.7 Å². The highest BCUT2D eigenvalue weighted by Crippen LogP contribution is 2.34. The van der Waals surface area contributed by atoms with Crippen molar-refractivity contribution in [1.82, 2.24) is 0 Å². The molecule has 1 N–H and O–H groups in total. The summed E-state index contributed by atoms with van der Waals surface area (Å²) in [4.78, 5) is 0. The summed E-state index contributed by atoms with van der Waals surface area (Å²) in [6, 6.07) is 9.61. The molecule has 100 valence electrons. The highest BCUT2D eigenvalue weighted by atomic mass is 35.5. The van der Waals surface area contributed by atoms with E-state index in [0.717, 1.165) is 5.56 Å². The van der Waals surface area contributed by atoms with Crippen molar-refractivity contribution in [2.24, 2.45) is 0 Å². The van der Waals surface area contributed by atoms with E-state index in [1.807, 2.05) is 6.92 Å². The first-order valence-corrected chi connectivity index (χ1v) is 6.27. The van der Waals surface area contributed by atoms with Crippen LogP contribution in [0.25, 0.3) is 0 Å². The predicted octanol–water partition coefficient (Wildman–Crippen LogP) is 4.63. The van der Waals surface area contributed by atoms with Crippen LogP contribution < -0.4 is 4.74 Å². The predicted molar refractivity (Wildman–Crippen MR) is 73.3 cm³/mol. The van der Waals surface area contributed by atoms with Crippen LogP contribution in [0.2, 0.25) is 5.02 Å². The maximum atomic E-state index is 13.9. The molecule has 0 saturated carbocycles. The van der Waals surface area contributed by atoms with Gasteiger partial charge in [0.05, 0.1) is 6.10 Å². The zero-order valence-electron chi connectivity index (χ0n) is 10.7. The average Bonchev–Trinajstić information content (AvgIpc) is 2.35. The molecular weight excluding hydrogens is 267 g/mol. The molecule has 0 amide bonds. The smallest absolute Gasteiger partial charge is 0.168 e. The number of benzene rings is 2. The van der Waals surface area contributed by atoms with Crippen molar-refractivity contribution in [2.75, 3.05) is 0 Å². The van der Waals surface area contributed by atoms with Crippen LogP contribution in [0.1, 0.15) is 24.2 Å². The standard InChI is InChI=1S/C15H14ClFO2/c1-9-6-7-11(16)8-14(9)19-15-12(10(2)18)4-3-5-13(15)17/h3-8,10,18H,1-2H3. The van der Waals surface area contributed by atoms with Crippen molar-refractivity contribution >= 4 is 11.6 Å². The normalized spacial score (nSPS) is 12.3. The van der Waals surface area contributed by atoms with Gasteiger partial charge in [-0.2, -0.15) is 0 Å². The summed E-state index contributed by atoms with van der Waals surface area (Å²) >= 11 is 5.90. The van der Waals surface area contributed by atoms with Crippen molar-refractivity contribution in [3.63, 3.8) is 0 Å². The summed E-state index contributed by atoms with van der Waals surface area (Å²) in [6.07, 6.45) is -0.815. The van der Waals surface area contributed by atoms with E-state index in [9.17, 15) is 9.50 Å². The molecule has 0 radical (unpaired) electrons. The summed E-state index contributed by atoms with van der Waals surface area (Å²) in [7, 11) is 0. The third-order valence-electron chi connectivity index (χ3n) is 2.81. The van der Waals surface area contributed by atoms with Crippen LogP contribution >= 0.6 is 11.6 Å². The van der Waals surface area contributed by atoms with E-state index < -0.39 is 11.9 Å². The second kappa shape index (κ2) is 5.59. The van der Waals surface area contributed by atoms with Gasteiger partial charge in [0.1, 0.15) is 5.75 Å². The molecule has 2 aromatic rings. The molecule has 19 heavy (non-hydrogen) atoms. The van der Waals surface area contributed by atoms with Crippen molar-refractivity contribution in [3.8, 4) is 11.5 Å².